The summed E-state index contributed by atoms with van der Waals surface area (Å²) in [5, 5.41) is 7.00. The van der Waals surface area contributed by atoms with E-state index in [0.717, 1.165) is 12.9 Å². The van der Waals surface area contributed by atoms with Crippen LogP contribution in [0.25, 0.3) is 0 Å². The van der Waals surface area contributed by atoms with Crippen molar-refractivity contribution in [2.75, 3.05) is 13.8 Å². The van der Waals surface area contributed by atoms with Crippen molar-refractivity contribution in [3.63, 3.8) is 0 Å². The van der Waals surface area contributed by atoms with E-state index in [2.05, 4.69) is 75.0 Å². The maximum Gasteiger partial charge on any atom is 0.202 e. The number of benzene rings is 1. The molecule has 0 spiro atoms. The minimum absolute atomic E-state index is 0.165. The van der Waals surface area contributed by atoms with Gasteiger partial charge < -0.3 is 14.6 Å². The maximum absolute atomic E-state index is 7.00. The number of hydrogen-bond donors (Lipinski definition) is 1. The highest BCUT2D eigenvalue weighted by molar-refractivity contribution is 7.15. The van der Waals surface area contributed by atoms with Crippen LogP contribution in [-0.4, -0.2) is 31.3 Å². The predicted molar refractivity (Wildman–Crippen MR) is 123 cm³/mol. The van der Waals surface area contributed by atoms with E-state index >= 15 is 0 Å². The van der Waals surface area contributed by atoms with Crippen LogP contribution in [-0.2, 0) is 4.74 Å². The second kappa shape index (κ2) is 16.3. The predicted octanol–water partition coefficient (Wildman–Crippen LogP) is 6.36. The summed E-state index contributed by atoms with van der Waals surface area (Å²) >= 11 is 0. The maximum atomic E-state index is 7.00. The Morgan fingerprint density at radius 1 is 0.815 bits per heavy atom. The van der Waals surface area contributed by atoms with Gasteiger partial charge in [-0.3, -0.25) is 0 Å². The summed E-state index contributed by atoms with van der Waals surface area (Å²) in [6.45, 7) is 19.5. The van der Waals surface area contributed by atoms with Crippen LogP contribution in [0.4, 0.5) is 0 Å². The molecule has 4 heteroatoms. The van der Waals surface area contributed by atoms with E-state index in [1.54, 1.807) is 0 Å². The zero-order valence-electron chi connectivity index (χ0n) is 19.3. The average molecular weight is 401 g/mol. The lowest BCUT2D eigenvalue weighted by molar-refractivity contribution is -0.132. The fraction of sp³-hybridized carbons (Fsp3) is 0.739. The summed E-state index contributed by atoms with van der Waals surface area (Å²) in [5.74, 6) is 3.18. The number of aliphatic hydroxyl groups excluding tert-OH is 1. The molecule has 0 saturated carbocycles. The fourth-order valence-corrected chi connectivity index (χ4v) is 2.82. The van der Waals surface area contributed by atoms with Gasteiger partial charge in [-0.2, -0.15) is 0 Å². The fourth-order valence-electron chi connectivity index (χ4n) is 2.82. The molecule has 0 aliphatic rings. The molecule has 1 rings (SSSR count). The topological polar surface area (TPSA) is 38.7 Å². The molecule has 0 heterocycles. The molecule has 0 radical (unpaired) electrons. The first-order valence-corrected chi connectivity index (χ1v) is 11.3. The third-order valence-corrected chi connectivity index (χ3v) is 4.04. The lowest BCUT2D eigenvalue weighted by Crippen LogP contribution is -2.29. The molecule has 3 unspecified atom stereocenters. The van der Waals surface area contributed by atoms with Crippen molar-refractivity contribution in [1.29, 1.82) is 0 Å². The van der Waals surface area contributed by atoms with E-state index in [4.69, 9.17) is 14.6 Å². The van der Waals surface area contributed by atoms with Crippen molar-refractivity contribution in [2.45, 2.75) is 80.1 Å². The summed E-state index contributed by atoms with van der Waals surface area (Å²) in [6.07, 6.45) is 1.19. The Balaban J connectivity index is 0. The summed E-state index contributed by atoms with van der Waals surface area (Å²) in [7, 11) is 3.42. The van der Waals surface area contributed by atoms with Gasteiger partial charge in [0.2, 0.25) is 6.29 Å². The molecule has 1 N–H and O–H groups in total. The molecule has 0 aromatic heterocycles. The smallest absolute Gasteiger partial charge is 0.202 e. The molecular formula is C23H45O3P. The number of hydrogen-bond acceptors (Lipinski definition) is 3. The zero-order chi connectivity index (χ0) is 21.6. The Kier molecular flexibility index (Phi) is 17.3. The molecule has 1 aromatic carbocycles. The Labute approximate surface area is 171 Å². The number of rotatable bonds is 9. The lowest BCUT2D eigenvalue weighted by Gasteiger charge is -2.26. The third-order valence-electron chi connectivity index (χ3n) is 4.04. The summed E-state index contributed by atoms with van der Waals surface area (Å²) in [5.41, 5.74) is 1.41. The first kappa shape index (κ1) is 28.6. The molecule has 0 saturated heterocycles. The monoisotopic (exact) mass is 400 g/mol. The molecule has 3 nitrogen and oxygen atoms in total. The van der Waals surface area contributed by atoms with Gasteiger partial charge >= 0.3 is 0 Å². The highest BCUT2D eigenvalue weighted by Crippen LogP contribution is 2.32. The van der Waals surface area contributed by atoms with Gasteiger partial charge in [0.1, 0.15) is 5.75 Å². The van der Waals surface area contributed by atoms with E-state index in [1.165, 1.54) is 12.0 Å². The molecule has 0 aliphatic heterocycles. The molecule has 0 bridgehead atoms. The minimum Gasteiger partial charge on any atom is -0.465 e. The quantitative estimate of drug-likeness (QED) is 0.387. The van der Waals surface area contributed by atoms with Crippen LogP contribution >= 0.6 is 9.24 Å². The number of aliphatic hydroxyl groups is 1. The van der Waals surface area contributed by atoms with Crippen molar-refractivity contribution in [2.24, 2.45) is 17.8 Å². The van der Waals surface area contributed by atoms with Gasteiger partial charge in [-0.05, 0) is 55.7 Å². The van der Waals surface area contributed by atoms with E-state index in [1.807, 2.05) is 20.5 Å². The Bertz CT molecular complexity index is 441. The summed E-state index contributed by atoms with van der Waals surface area (Å²) in [6, 6.07) is 8.61. The van der Waals surface area contributed by atoms with Crippen LogP contribution < -0.4 is 4.74 Å². The van der Waals surface area contributed by atoms with Gasteiger partial charge in [0.25, 0.3) is 0 Å². The highest BCUT2D eigenvalue weighted by atomic mass is 31.0. The Morgan fingerprint density at radius 3 is 1.63 bits per heavy atom. The lowest BCUT2D eigenvalue weighted by atomic mass is 9.82. The van der Waals surface area contributed by atoms with Gasteiger partial charge in [0, 0.05) is 13.0 Å². The van der Waals surface area contributed by atoms with Gasteiger partial charge in [-0.1, -0.05) is 60.3 Å². The van der Waals surface area contributed by atoms with Crippen molar-refractivity contribution < 1.29 is 14.6 Å². The van der Waals surface area contributed by atoms with Crippen LogP contribution in [0.15, 0.2) is 24.3 Å². The molecule has 3 atom stereocenters. The molecule has 0 fully saturated rings. The zero-order valence-corrected chi connectivity index (χ0v) is 20.5. The van der Waals surface area contributed by atoms with Gasteiger partial charge in [-0.25, -0.2) is 0 Å². The first-order valence-electron chi connectivity index (χ1n) is 10.1. The third kappa shape index (κ3) is 12.4. The average Bonchev–Trinajstić information content (AvgIpc) is 2.62. The molecule has 1 aromatic rings. The van der Waals surface area contributed by atoms with E-state index < -0.39 is 0 Å². The molecular weight excluding hydrogens is 355 g/mol. The van der Waals surface area contributed by atoms with E-state index in [0.29, 0.717) is 23.7 Å². The standard InChI is InChI=1S/C21H36O2.CH4O.CH5P/c1-14(2)13-20(15(3)4)18-9-11-19(12-10-18)23-21(16(5)6)22-17(7)8;2*1-2/h9-12,14-17,20-21H,13H2,1-8H3;2H,1H3;2H2,1H3. The van der Waals surface area contributed by atoms with Gasteiger partial charge in [-0.15, -0.1) is 9.24 Å². The SMILES string of the molecule is CC(C)CC(c1ccc(OC(OC(C)C)C(C)C)cc1)C(C)C.CO.CP. The second-order valence-electron chi connectivity index (χ2n) is 7.96. The molecule has 0 aliphatic carbocycles. The van der Waals surface area contributed by atoms with Crippen molar-refractivity contribution in [3.05, 3.63) is 29.8 Å². The molecule has 27 heavy (non-hydrogen) atoms. The van der Waals surface area contributed by atoms with Crippen LogP contribution in [0.1, 0.15) is 73.3 Å². The molecule has 0 amide bonds. The van der Waals surface area contributed by atoms with Gasteiger partial charge in [0.05, 0.1) is 6.10 Å². The van der Waals surface area contributed by atoms with Gasteiger partial charge in [0.15, 0.2) is 0 Å². The minimum atomic E-state index is -0.197. The second-order valence-corrected chi connectivity index (χ2v) is 7.96. The highest BCUT2D eigenvalue weighted by Gasteiger charge is 2.19. The summed E-state index contributed by atoms with van der Waals surface area (Å²) < 4.78 is 11.9. The van der Waals surface area contributed by atoms with Crippen molar-refractivity contribution in [3.8, 4) is 5.75 Å². The Hall–Kier alpha value is -0.630. The molecule has 160 valence electrons. The van der Waals surface area contributed by atoms with Crippen LogP contribution in [0, 0.1) is 17.8 Å². The summed E-state index contributed by atoms with van der Waals surface area (Å²) in [4.78, 5) is 0. The van der Waals surface area contributed by atoms with E-state index in [-0.39, 0.29) is 12.4 Å². The number of ether oxygens (including phenoxy) is 2. The van der Waals surface area contributed by atoms with Crippen LogP contribution in [0.3, 0.4) is 0 Å². The van der Waals surface area contributed by atoms with Crippen molar-refractivity contribution >= 4 is 9.24 Å². The van der Waals surface area contributed by atoms with E-state index in [9.17, 15) is 0 Å². The van der Waals surface area contributed by atoms with Crippen molar-refractivity contribution in [1.82, 2.24) is 0 Å². The largest absolute Gasteiger partial charge is 0.465 e. The first-order chi connectivity index (χ1) is 12.7. The Morgan fingerprint density at radius 2 is 1.30 bits per heavy atom. The van der Waals surface area contributed by atoms with Crippen LogP contribution in [0.2, 0.25) is 0 Å². The normalized spacial score (nSPS) is 13.0. The van der Waals surface area contributed by atoms with Crippen LogP contribution in [0.5, 0.6) is 5.75 Å².